The first-order chi connectivity index (χ1) is 12.4. The number of pyridine rings is 1. The van der Waals surface area contributed by atoms with E-state index < -0.39 is 10.0 Å². The molecule has 2 bridgehead atoms. The molecule has 0 saturated carbocycles. The summed E-state index contributed by atoms with van der Waals surface area (Å²) in [5.74, 6) is 0.613. The first kappa shape index (κ1) is 17.5. The van der Waals surface area contributed by atoms with E-state index in [-0.39, 0.29) is 18.2 Å². The van der Waals surface area contributed by atoms with Gasteiger partial charge in [-0.1, -0.05) is 12.1 Å². The quantitative estimate of drug-likeness (QED) is 0.825. The number of piperidine rings is 1. The van der Waals surface area contributed by atoms with Gasteiger partial charge >= 0.3 is 0 Å². The molecule has 0 amide bonds. The Labute approximate surface area is 155 Å². The summed E-state index contributed by atoms with van der Waals surface area (Å²) in [5, 5.41) is 0. The van der Waals surface area contributed by atoms with Crippen LogP contribution in [0.15, 0.2) is 47.5 Å². The lowest BCUT2D eigenvalue weighted by Crippen LogP contribution is -2.49. The molecule has 0 N–H and O–H groups in total. The van der Waals surface area contributed by atoms with Crippen LogP contribution >= 0.6 is 0 Å². The molecular weight excluding hydrogens is 348 g/mol. The first-order valence-electron chi connectivity index (χ1n) is 9.13. The molecule has 2 aliphatic heterocycles. The molecule has 1 aromatic heterocycles. The van der Waals surface area contributed by atoms with Crippen molar-refractivity contribution in [3.8, 4) is 5.88 Å². The van der Waals surface area contributed by atoms with E-state index in [1.165, 1.54) is 0 Å². The van der Waals surface area contributed by atoms with Crippen LogP contribution in [0.4, 0.5) is 0 Å². The summed E-state index contributed by atoms with van der Waals surface area (Å²) in [6.07, 6.45) is 4.97. The lowest BCUT2D eigenvalue weighted by atomic mass is 10.0. The lowest BCUT2D eigenvalue weighted by molar-refractivity contribution is 0.0918. The van der Waals surface area contributed by atoms with Crippen LogP contribution in [0, 0.1) is 13.8 Å². The van der Waals surface area contributed by atoms with Crippen LogP contribution in [0.3, 0.4) is 0 Å². The second-order valence-corrected chi connectivity index (χ2v) is 9.19. The van der Waals surface area contributed by atoms with E-state index in [2.05, 4.69) is 4.98 Å². The minimum Gasteiger partial charge on any atom is -0.474 e. The van der Waals surface area contributed by atoms with Gasteiger partial charge in [0.2, 0.25) is 15.9 Å². The maximum Gasteiger partial charge on any atom is 0.243 e. The highest BCUT2D eigenvalue weighted by Gasteiger charge is 2.48. The van der Waals surface area contributed by atoms with Gasteiger partial charge in [-0.2, -0.15) is 4.31 Å². The maximum absolute atomic E-state index is 13.2. The average Bonchev–Trinajstić information content (AvgIpc) is 2.90. The van der Waals surface area contributed by atoms with E-state index >= 15 is 0 Å². The minimum atomic E-state index is -3.47. The summed E-state index contributed by atoms with van der Waals surface area (Å²) >= 11 is 0. The van der Waals surface area contributed by atoms with Gasteiger partial charge in [-0.15, -0.1) is 0 Å². The Balaban J connectivity index is 1.55. The molecule has 6 heteroatoms. The van der Waals surface area contributed by atoms with E-state index in [4.69, 9.17) is 4.74 Å². The zero-order valence-electron chi connectivity index (χ0n) is 15.1. The molecule has 2 unspecified atom stereocenters. The van der Waals surface area contributed by atoms with Crippen molar-refractivity contribution in [3.05, 3.63) is 53.7 Å². The van der Waals surface area contributed by atoms with E-state index in [9.17, 15) is 8.42 Å². The van der Waals surface area contributed by atoms with Crippen LogP contribution < -0.4 is 4.74 Å². The third-order valence-corrected chi connectivity index (χ3v) is 7.60. The number of fused-ring (bicyclic) bond motifs is 2. The Morgan fingerprint density at radius 2 is 1.77 bits per heavy atom. The SMILES string of the molecule is Cc1ccc(S(=O)(=O)N2C3CCC2CC(Oc2ccccn2)C3)cc1C. The zero-order chi connectivity index (χ0) is 18.3. The molecule has 0 spiro atoms. The van der Waals surface area contributed by atoms with Gasteiger partial charge in [0.1, 0.15) is 6.10 Å². The molecule has 26 heavy (non-hydrogen) atoms. The molecule has 2 saturated heterocycles. The molecule has 2 atom stereocenters. The van der Waals surface area contributed by atoms with Crippen molar-refractivity contribution in [2.24, 2.45) is 0 Å². The molecule has 5 nitrogen and oxygen atoms in total. The highest BCUT2D eigenvalue weighted by molar-refractivity contribution is 7.89. The highest BCUT2D eigenvalue weighted by atomic mass is 32.2. The third kappa shape index (κ3) is 3.12. The fraction of sp³-hybridized carbons (Fsp3) is 0.450. The predicted octanol–water partition coefficient (Wildman–Crippen LogP) is 3.46. The zero-order valence-corrected chi connectivity index (χ0v) is 15.9. The number of aryl methyl sites for hydroxylation is 2. The van der Waals surface area contributed by atoms with Gasteiger partial charge in [0.15, 0.2) is 0 Å². The average molecular weight is 372 g/mol. The van der Waals surface area contributed by atoms with E-state index in [1.807, 2.05) is 38.1 Å². The molecule has 1 aromatic carbocycles. The summed E-state index contributed by atoms with van der Waals surface area (Å²) in [5.41, 5.74) is 2.11. The number of ether oxygens (including phenoxy) is 1. The molecule has 4 rings (SSSR count). The monoisotopic (exact) mass is 372 g/mol. The van der Waals surface area contributed by atoms with Gasteiger partial charge in [0, 0.05) is 37.2 Å². The number of hydrogen-bond acceptors (Lipinski definition) is 4. The van der Waals surface area contributed by atoms with Crippen molar-refractivity contribution in [1.29, 1.82) is 0 Å². The van der Waals surface area contributed by atoms with Crippen LogP contribution in [-0.2, 0) is 10.0 Å². The van der Waals surface area contributed by atoms with Crippen LogP contribution in [0.25, 0.3) is 0 Å². The Morgan fingerprint density at radius 3 is 2.38 bits per heavy atom. The van der Waals surface area contributed by atoms with E-state index in [0.29, 0.717) is 10.8 Å². The van der Waals surface area contributed by atoms with Gasteiger partial charge in [-0.25, -0.2) is 13.4 Å². The molecule has 138 valence electrons. The van der Waals surface area contributed by atoms with Crippen LogP contribution in [-0.4, -0.2) is 35.9 Å². The topological polar surface area (TPSA) is 59.5 Å². The van der Waals surface area contributed by atoms with Gasteiger partial charge < -0.3 is 4.74 Å². The second kappa shape index (κ2) is 6.67. The van der Waals surface area contributed by atoms with E-state index in [0.717, 1.165) is 36.8 Å². The lowest BCUT2D eigenvalue weighted by Gasteiger charge is -2.37. The number of aromatic nitrogens is 1. The molecular formula is C20H24N2O3S. The number of nitrogens with zero attached hydrogens (tertiary/aromatic N) is 2. The van der Waals surface area contributed by atoms with Gasteiger partial charge in [0.05, 0.1) is 4.90 Å². The Morgan fingerprint density at radius 1 is 1.04 bits per heavy atom. The van der Waals surface area contributed by atoms with E-state index in [1.54, 1.807) is 22.6 Å². The second-order valence-electron chi connectivity index (χ2n) is 7.35. The third-order valence-electron chi connectivity index (χ3n) is 5.60. The van der Waals surface area contributed by atoms with Gasteiger partial charge in [-0.05, 0) is 56.0 Å². The Bertz CT molecular complexity index is 885. The van der Waals surface area contributed by atoms with Crippen molar-refractivity contribution in [3.63, 3.8) is 0 Å². The molecule has 3 heterocycles. The fourth-order valence-electron chi connectivity index (χ4n) is 4.16. The largest absolute Gasteiger partial charge is 0.474 e. The summed E-state index contributed by atoms with van der Waals surface area (Å²) in [6.45, 7) is 3.95. The smallest absolute Gasteiger partial charge is 0.243 e. The summed E-state index contributed by atoms with van der Waals surface area (Å²) in [7, 11) is -3.47. The van der Waals surface area contributed by atoms with Crippen molar-refractivity contribution in [2.45, 2.75) is 62.6 Å². The fourth-order valence-corrected chi connectivity index (χ4v) is 6.13. The predicted molar refractivity (Wildman–Crippen MR) is 99.6 cm³/mol. The van der Waals surface area contributed by atoms with Crippen molar-refractivity contribution < 1.29 is 13.2 Å². The summed E-state index contributed by atoms with van der Waals surface area (Å²) in [4.78, 5) is 4.63. The highest BCUT2D eigenvalue weighted by Crippen LogP contribution is 2.40. The number of sulfonamides is 1. The van der Waals surface area contributed by atoms with Crippen molar-refractivity contribution in [2.75, 3.05) is 0 Å². The normalized spacial score (nSPS) is 26.0. The first-order valence-corrected chi connectivity index (χ1v) is 10.6. The van der Waals surface area contributed by atoms with Gasteiger partial charge in [0.25, 0.3) is 0 Å². The van der Waals surface area contributed by atoms with Crippen LogP contribution in [0.2, 0.25) is 0 Å². The molecule has 2 aromatic rings. The Kier molecular flexibility index (Phi) is 4.49. The van der Waals surface area contributed by atoms with Crippen molar-refractivity contribution in [1.82, 2.24) is 9.29 Å². The Hall–Kier alpha value is -1.92. The summed E-state index contributed by atoms with van der Waals surface area (Å²) < 4.78 is 34.2. The standard InChI is InChI=1S/C20H24N2O3S/c1-14-6-9-19(11-15(14)2)26(23,24)22-16-7-8-17(22)13-18(12-16)25-20-5-3-4-10-21-20/h3-6,9-11,16-18H,7-8,12-13H2,1-2H3. The summed E-state index contributed by atoms with van der Waals surface area (Å²) in [6, 6.07) is 11.0. The number of benzene rings is 1. The number of hydrogen-bond donors (Lipinski definition) is 0. The van der Waals surface area contributed by atoms with Crippen molar-refractivity contribution >= 4 is 10.0 Å². The number of rotatable bonds is 4. The molecule has 2 aliphatic rings. The van der Waals surface area contributed by atoms with Crippen LogP contribution in [0.1, 0.15) is 36.8 Å². The van der Waals surface area contributed by atoms with Gasteiger partial charge in [-0.3, -0.25) is 0 Å². The molecule has 0 aliphatic carbocycles. The molecule has 2 fully saturated rings. The molecule has 0 radical (unpaired) electrons. The minimum absolute atomic E-state index is 0.00840. The van der Waals surface area contributed by atoms with Crippen LogP contribution in [0.5, 0.6) is 5.88 Å². The maximum atomic E-state index is 13.2.